The molecule has 1 saturated carbocycles. The second kappa shape index (κ2) is 6.50. The van der Waals surface area contributed by atoms with Crippen LogP contribution >= 0.6 is 0 Å². The number of hydrogen-bond acceptors (Lipinski definition) is 3. The smallest absolute Gasteiger partial charge is 0.250 e. The average molecular weight is 384 g/mol. The van der Waals surface area contributed by atoms with Crippen LogP contribution in [0.4, 0.5) is 0 Å². The summed E-state index contributed by atoms with van der Waals surface area (Å²) in [5.74, 6) is 1.22. The Morgan fingerprint density at radius 1 is 0.920 bits per heavy atom. The van der Waals surface area contributed by atoms with E-state index >= 15 is 0 Å². The lowest BCUT2D eigenvalue weighted by atomic mass is 10.1. The average Bonchev–Trinajstić information content (AvgIpc) is 2.97. The van der Waals surface area contributed by atoms with Crippen molar-refractivity contribution in [1.82, 2.24) is 5.32 Å². The molecule has 146 valence electrons. The van der Waals surface area contributed by atoms with Crippen LogP contribution in [0.15, 0.2) is 11.3 Å². The Kier molecular flexibility index (Phi) is 5.51. The molecule has 1 aliphatic carbocycles. The predicted molar refractivity (Wildman–Crippen MR) is 113 cm³/mol. The fourth-order valence-corrected chi connectivity index (χ4v) is 5.51. The minimum Gasteiger partial charge on any atom is -0.544 e. The molecule has 0 bridgehead atoms. The molecule has 1 heterocycles. The van der Waals surface area contributed by atoms with Gasteiger partial charge in [-0.15, -0.1) is 0 Å². The van der Waals surface area contributed by atoms with E-state index in [-0.39, 0.29) is 15.7 Å². The van der Waals surface area contributed by atoms with Gasteiger partial charge in [0.05, 0.1) is 0 Å². The molecule has 0 spiro atoms. The molecule has 25 heavy (non-hydrogen) atoms. The summed E-state index contributed by atoms with van der Waals surface area (Å²) in [5.41, 5.74) is 1.32. The molecule has 2 fully saturated rings. The summed E-state index contributed by atoms with van der Waals surface area (Å²) in [6, 6.07) is 0. The summed E-state index contributed by atoms with van der Waals surface area (Å²) in [6.45, 7) is 25.4. The summed E-state index contributed by atoms with van der Waals surface area (Å²) in [6.07, 6.45) is 3.34. The van der Waals surface area contributed by atoms with Crippen molar-refractivity contribution >= 4 is 16.6 Å². The Bertz CT molecular complexity index is 527. The van der Waals surface area contributed by atoms with Crippen LogP contribution in [-0.4, -0.2) is 35.3 Å². The van der Waals surface area contributed by atoms with Crippen molar-refractivity contribution in [2.45, 2.75) is 103 Å². The van der Waals surface area contributed by atoms with Crippen molar-refractivity contribution in [2.75, 3.05) is 13.1 Å². The molecule has 0 aromatic heterocycles. The van der Waals surface area contributed by atoms with Gasteiger partial charge < -0.3 is 14.2 Å². The molecule has 1 aliphatic heterocycles. The standard InChI is InChI=1S/C20H41NO2Si2/c1-18(2,3)24(7,8)22-17(16-11-14-21-15-16)20(12-13-20)23-25(9,10)19(4,5)6/h21H,11-15H2,1-10H3/b17-16+. The van der Waals surface area contributed by atoms with Crippen LogP contribution in [0.1, 0.15) is 60.8 Å². The van der Waals surface area contributed by atoms with E-state index in [0.717, 1.165) is 32.4 Å². The molecule has 3 nitrogen and oxygen atoms in total. The summed E-state index contributed by atoms with van der Waals surface area (Å²) >= 11 is 0. The van der Waals surface area contributed by atoms with E-state index in [4.69, 9.17) is 8.85 Å². The molecular formula is C20H41NO2Si2. The third kappa shape index (κ3) is 4.42. The first-order chi connectivity index (χ1) is 11.1. The molecule has 1 saturated heterocycles. The van der Waals surface area contributed by atoms with E-state index in [1.54, 1.807) is 0 Å². The maximum atomic E-state index is 6.98. The number of rotatable bonds is 5. The van der Waals surface area contributed by atoms with Crippen molar-refractivity contribution < 1.29 is 8.85 Å². The lowest BCUT2D eigenvalue weighted by Gasteiger charge is -2.44. The Morgan fingerprint density at radius 3 is 1.80 bits per heavy atom. The molecule has 2 rings (SSSR count). The van der Waals surface area contributed by atoms with Gasteiger partial charge in [-0.3, -0.25) is 0 Å². The van der Waals surface area contributed by atoms with Gasteiger partial charge in [0.2, 0.25) is 8.32 Å². The van der Waals surface area contributed by atoms with Gasteiger partial charge in [-0.2, -0.15) is 0 Å². The summed E-state index contributed by atoms with van der Waals surface area (Å²) in [5, 5.41) is 3.94. The Labute approximate surface area is 158 Å². The van der Waals surface area contributed by atoms with E-state index in [1.807, 2.05) is 0 Å². The largest absolute Gasteiger partial charge is 0.544 e. The fourth-order valence-electron chi connectivity index (χ4n) is 2.79. The molecule has 5 heteroatoms. The molecular weight excluding hydrogens is 342 g/mol. The Hall–Kier alpha value is -0.106. The van der Waals surface area contributed by atoms with Gasteiger partial charge in [-0.1, -0.05) is 41.5 Å². The van der Waals surface area contributed by atoms with Crippen molar-refractivity contribution in [3.63, 3.8) is 0 Å². The second-order valence-corrected chi connectivity index (χ2v) is 20.5. The van der Waals surface area contributed by atoms with Crippen LogP contribution in [0.3, 0.4) is 0 Å². The summed E-state index contributed by atoms with van der Waals surface area (Å²) in [4.78, 5) is 0. The van der Waals surface area contributed by atoms with Gasteiger partial charge >= 0.3 is 0 Å². The summed E-state index contributed by atoms with van der Waals surface area (Å²) in [7, 11) is -3.71. The molecule has 2 aliphatic rings. The van der Waals surface area contributed by atoms with Crippen molar-refractivity contribution in [1.29, 1.82) is 0 Å². The zero-order valence-electron chi connectivity index (χ0n) is 18.4. The van der Waals surface area contributed by atoms with Gasteiger partial charge in [0.1, 0.15) is 11.4 Å². The van der Waals surface area contributed by atoms with E-state index in [9.17, 15) is 0 Å². The quantitative estimate of drug-likeness (QED) is 0.480. The van der Waals surface area contributed by atoms with Crippen LogP contribution in [0.25, 0.3) is 0 Å². The Balaban J connectivity index is 2.36. The van der Waals surface area contributed by atoms with Crippen molar-refractivity contribution in [2.24, 2.45) is 0 Å². The zero-order valence-corrected chi connectivity index (χ0v) is 20.4. The minimum atomic E-state index is -1.88. The highest BCUT2D eigenvalue weighted by molar-refractivity contribution is 6.75. The molecule has 0 radical (unpaired) electrons. The molecule has 0 aromatic carbocycles. The van der Waals surface area contributed by atoms with Crippen LogP contribution in [0.2, 0.25) is 36.3 Å². The summed E-state index contributed by atoms with van der Waals surface area (Å²) < 4.78 is 13.9. The van der Waals surface area contributed by atoms with Crippen LogP contribution in [-0.2, 0) is 8.85 Å². The minimum absolute atomic E-state index is 0.139. The maximum absolute atomic E-state index is 6.98. The van der Waals surface area contributed by atoms with Crippen LogP contribution < -0.4 is 5.32 Å². The monoisotopic (exact) mass is 383 g/mol. The molecule has 1 N–H and O–H groups in total. The van der Waals surface area contributed by atoms with E-state index in [1.165, 1.54) is 11.3 Å². The lowest BCUT2D eigenvalue weighted by Crippen LogP contribution is -2.48. The van der Waals surface area contributed by atoms with Gasteiger partial charge in [-0.05, 0) is 67.6 Å². The lowest BCUT2D eigenvalue weighted by molar-refractivity contribution is 0.138. The molecule has 0 amide bonds. The number of hydrogen-bond donors (Lipinski definition) is 1. The first-order valence-electron chi connectivity index (χ1n) is 9.94. The normalized spacial score (nSPS) is 23.6. The maximum Gasteiger partial charge on any atom is 0.250 e. The molecule has 0 atom stereocenters. The highest BCUT2D eigenvalue weighted by atomic mass is 28.4. The number of nitrogens with one attached hydrogen (secondary N) is 1. The van der Waals surface area contributed by atoms with Crippen LogP contribution in [0, 0.1) is 0 Å². The van der Waals surface area contributed by atoms with Gasteiger partial charge in [-0.25, -0.2) is 0 Å². The van der Waals surface area contributed by atoms with Gasteiger partial charge in [0.25, 0.3) is 0 Å². The topological polar surface area (TPSA) is 30.5 Å². The SMILES string of the molecule is CC(C)(C)[Si](C)(C)O/C(=C1\CCNC1)C1(O[Si](C)(C)C(C)(C)C)CC1. The highest BCUT2D eigenvalue weighted by Crippen LogP contribution is 2.54. The van der Waals surface area contributed by atoms with Crippen LogP contribution in [0.5, 0.6) is 0 Å². The first-order valence-corrected chi connectivity index (χ1v) is 15.8. The van der Waals surface area contributed by atoms with E-state index in [2.05, 4.69) is 73.0 Å². The zero-order chi connectivity index (χ0) is 19.3. The second-order valence-electron chi connectivity index (χ2n) is 11.1. The highest BCUT2D eigenvalue weighted by Gasteiger charge is 2.57. The Morgan fingerprint density at radius 2 is 1.44 bits per heavy atom. The van der Waals surface area contributed by atoms with E-state index < -0.39 is 16.6 Å². The van der Waals surface area contributed by atoms with Gasteiger partial charge in [0, 0.05) is 6.54 Å². The van der Waals surface area contributed by atoms with Gasteiger partial charge in [0.15, 0.2) is 8.32 Å². The van der Waals surface area contributed by atoms with Crippen molar-refractivity contribution in [3.8, 4) is 0 Å². The first kappa shape index (κ1) is 21.2. The fraction of sp³-hybridized carbons (Fsp3) is 0.900. The molecule has 0 unspecified atom stereocenters. The third-order valence-electron chi connectivity index (χ3n) is 6.80. The molecule has 0 aromatic rings. The third-order valence-corrected chi connectivity index (χ3v) is 15.6. The van der Waals surface area contributed by atoms with Crippen molar-refractivity contribution in [3.05, 3.63) is 11.3 Å². The van der Waals surface area contributed by atoms with E-state index in [0.29, 0.717) is 0 Å². The predicted octanol–water partition coefficient (Wildman–Crippen LogP) is 5.81.